The maximum Gasteiger partial charge on any atom is 0.309 e. The first kappa shape index (κ1) is 17.5. The lowest BCUT2D eigenvalue weighted by Crippen LogP contribution is -2.68. The zero-order valence-electron chi connectivity index (χ0n) is 15.4. The summed E-state index contributed by atoms with van der Waals surface area (Å²) in [5.41, 5.74) is -2.36. The predicted octanol–water partition coefficient (Wildman–Crippen LogP) is 2.24. The van der Waals surface area contributed by atoms with E-state index in [4.69, 9.17) is 0 Å². The van der Waals surface area contributed by atoms with Crippen molar-refractivity contribution in [1.82, 2.24) is 0 Å². The molecule has 25 heavy (non-hydrogen) atoms. The summed E-state index contributed by atoms with van der Waals surface area (Å²) in [6, 6.07) is 0. The van der Waals surface area contributed by atoms with Crippen LogP contribution in [0.5, 0.6) is 0 Å². The fraction of sp³-hybridized carbons (Fsp3) is 0.900. The Kier molecular flexibility index (Phi) is 3.54. The number of carboxylic acid groups (broad SMARTS) is 1. The second-order valence-electron chi connectivity index (χ2n) is 9.73. The van der Waals surface area contributed by atoms with Crippen molar-refractivity contribution < 1.29 is 24.9 Å². The van der Waals surface area contributed by atoms with Crippen molar-refractivity contribution in [2.75, 3.05) is 0 Å². The van der Waals surface area contributed by atoms with Gasteiger partial charge in [-0.15, -0.1) is 0 Å². The Balaban J connectivity index is 1.86. The van der Waals surface area contributed by atoms with Gasteiger partial charge in [0.15, 0.2) is 0 Å². The third-order valence-electron chi connectivity index (χ3n) is 9.10. The number of aliphatic carboxylic acids is 1. The first-order chi connectivity index (χ1) is 11.6. The molecule has 0 unspecified atom stereocenters. The van der Waals surface area contributed by atoms with Gasteiger partial charge in [-0.1, -0.05) is 13.8 Å². The summed E-state index contributed by atoms with van der Waals surface area (Å²) >= 11 is 0. The van der Waals surface area contributed by atoms with Gasteiger partial charge in [0.1, 0.15) is 5.78 Å². The number of carbonyl (C=O) groups is 2. The third-order valence-corrected chi connectivity index (χ3v) is 9.10. The maximum absolute atomic E-state index is 13.2. The van der Waals surface area contributed by atoms with Crippen molar-refractivity contribution in [3.63, 3.8) is 0 Å². The smallest absolute Gasteiger partial charge is 0.309 e. The minimum absolute atomic E-state index is 0.0357. The van der Waals surface area contributed by atoms with Gasteiger partial charge in [0.25, 0.3) is 0 Å². The monoisotopic (exact) mass is 350 g/mol. The van der Waals surface area contributed by atoms with Crippen molar-refractivity contribution in [2.24, 2.45) is 39.9 Å². The summed E-state index contributed by atoms with van der Waals surface area (Å²) in [6.07, 6.45) is 2.21. The number of aliphatic hydroxyl groups is 2. The number of rotatable bonds is 1. The van der Waals surface area contributed by atoms with Crippen molar-refractivity contribution in [2.45, 2.75) is 71.5 Å². The van der Waals surface area contributed by atoms with Crippen LogP contribution in [0, 0.1) is 39.9 Å². The predicted molar refractivity (Wildman–Crippen MR) is 90.6 cm³/mol. The summed E-state index contributed by atoms with van der Waals surface area (Å²) in [4.78, 5) is 25.3. The number of hydrogen-bond acceptors (Lipinski definition) is 4. The molecule has 4 aliphatic rings. The highest BCUT2D eigenvalue weighted by molar-refractivity contribution is 5.91. The first-order valence-corrected chi connectivity index (χ1v) is 9.74. The molecule has 0 heterocycles. The molecule has 0 amide bonds. The summed E-state index contributed by atoms with van der Waals surface area (Å²) in [7, 11) is 0. The molecule has 1 spiro atoms. The minimum atomic E-state index is -0.958. The Labute approximate surface area is 148 Å². The Hall–Kier alpha value is -0.940. The Morgan fingerprint density at radius 1 is 1.08 bits per heavy atom. The van der Waals surface area contributed by atoms with Crippen molar-refractivity contribution in [3.8, 4) is 0 Å². The molecule has 4 saturated carbocycles. The highest BCUT2D eigenvalue weighted by atomic mass is 16.4. The Morgan fingerprint density at radius 3 is 2.40 bits per heavy atom. The molecule has 5 heteroatoms. The van der Waals surface area contributed by atoms with E-state index in [-0.39, 0.29) is 23.5 Å². The molecular weight excluding hydrogens is 320 g/mol. The highest BCUT2D eigenvalue weighted by Crippen LogP contribution is 2.71. The van der Waals surface area contributed by atoms with Gasteiger partial charge in [-0.2, -0.15) is 0 Å². The van der Waals surface area contributed by atoms with Crippen LogP contribution in [0.4, 0.5) is 0 Å². The second kappa shape index (κ2) is 5.07. The molecule has 0 radical (unpaired) electrons. The molecule has 4 fully saturated rings. The molecule has 0 saturated heterocycles. The molecule has 9 atom stereocenters. The second-order valence-corrected chi connectivity index (χ2v) is 9.73. The van der Waals surface area contributed by atoms with E-state index in [1.165, 1.54) is 0 Å². The quantitative estimate of drug-likeness (QED) is 0.674. The van der Waals surface area contributed by atoms with E-state index < -0.39 is 34.4 Å². The summed E-state index contributed by atoms with van der Waals surface area (Å²) in [5, 5.41) is 32.0. The maximum atomic E-state index is 13.2. The van der Waals surface area contributed by atoms with E-state index in [2.05, 4.69) is 0 Å². The van der Waals surface area contributed by atoms with Crippen molar-refractivity contribution >= 4 is 11.8 Å². The fourth-order valence-electron chi connectivity index (χ4n) is 7.57. The summed E-state index contributed by atoms with van der Waals surface area (Å²) < 4.78 is 0. The Bertz CT molecular complexity index is 632. The number of Topliss-reactive ketones (excluding diaryl/α,β-unsaturated/α-hetero) is 1. The largest absolute Gasteiger partial charge is 0.481 e. The molecule has 140 valence electrons. The van der Waals surface area contributed by atoms with Gasteiger partial charge < -0.3 is 15.3 Å². The van der Waals surface area contributed by atoms with Gasteiger partial charge in [0.05, 0.1) is 23.0 Å². The van der Waals surface area contributed by atoms with Crippen LogP contribution in [0.2, 0.25) is 0 Å². The fourth-order valence-corrected chi connectivity index (χ4v) is 7.57. The van der Waals surface area contributed by atoms with Gasteiger partial charge in [-0.25, -0.2) is 0 Å². The number of ketones is 1. The normalized spacial score (nSPS) is 57.7. The molecule has 0 aromatic rings. The number of hydrogen-bond donors (Lipinski definition) is 3. The molecular formula is C20H30O5. The molecule has 3 N–H and O–H groups in total. The topological polar surface area (TPSA) is 94.8 Å². The van der Waals surface area contributed by atoms with E-state index in [1.54, 1.807) is 6.92 Å². The number of carbonyl (C=O) groups excluding carboxylic acids is 1. The average molecular weight is 350 g/mol. The van der Waals surface area contributed by atoms with Gasteiger partial charge in [-0.05, 0) is 63.2 Å². The van der Waals surface area contributed by atoms with Crippen LogP contribution in [0.1, 0.15) is 59.3 Å². The van der Waals surface area contributed by atoms with Gasteiger partial charge in [0.2, 0.25) is 0 Å². The first-order valence-electron chi connectivity index (χ1n) is 9.74. The molecule has 0 aromatic carbocycles. The highest BCUT2D eigenvalue weighted by Gasteiger charge is 2.73. The van der Waals surface area contributed by atoms with Crippen LogP contribution in [0.15, 0.2) is 0 Å². The number of aliphatic hydroxyl groups excluding tert-OH is 2. The average Bonchev–Trinajstić information content (AvgIpc) is 2.76. The molecule has 0 aromatic heterocycles. The van der Waals surface area contributed by atoms with Crippen LogP contribution in [-0.2, 0) is 9.59 Å². The van der Waals surface area contributed by atoms with E-state index in [0.717, 1.165) is 12.8 Å². The van der Waals surface area contributed by atoms with E-state index in [9.17, 15) is 24.9 Å². The standard InChI is InChI=1S/C20H30O5/c1-10-11-4-5-12-19(3)13(8-15(22)20(12,9-11)16(10)23)18(2,17(24)25)7-6-14(19)21/h10-15,21-22H,4-9H2,1-3H3,(H,24,25)/t10-,11-,12+,13-,14+,15+,18-,19+,20-/m1/s1. The molecule has 0 aliphatic heterocycles. The molecule has 4 rings (SSSR count). The zero-order valence-corrected chi connectivity index (χ0v) is 15.4. The molecule has 4 aliphatic carbocycles. The van der Waals surface area contributed by atoms with Crippen molar-refractivity contribution in [3.05, 3.63) is 0 Å². The van der Waals surface area contributed by atoms with Crippen LogP contribution >= 0.6 is 0 Å². The van der Waals surface area contributed by atoms with E-state index in [1.807, 2.05) is 13.8 Å². The Morgan fingerprint density at radius 2 is 1.76 bits per heavy atom. The van der Waals surface area contributed by atoms with E-state index >= 15 is 0 Å². The summed E-state index contributed by atoms with van der Waals surface area (Å²) in [5.74, 6) is -0.847. The van der Waals surface area contributed by atoms with E-state index in [0.29, 0.717) is 31.6 Å². The van der Waals surface area contributed by atoms with Crippen LogP contribution in [0.3, 0.4) is 0 Å². The molecule has 2 bridgehead atoms. The van der Waals surface area contributed by atoms with Crippen LogP contribution in [-0.4, -0.2) is 39.3 Å². The van der Waals surface area contributed by atoms with Gasteiger partial charge in [0, 0.05) is 11.3 Å². The lowest BCUT2D eigenvalue weighted by atomic mass is 9.39. The zero-order chi connectivity index (χ0) is 18.4. The lowest BCUT2D eigenvalue weighted by Gasteiger charge is -2.65. The lowest BCUT2D eigenvalue weighted by molar-refractivity contribution is -0.234. The van der Waals surface area contributed by atoms with Crippen LogP contribution in [0.25, 0.3) is 0 Å². The number of fused-ring (bicyclic) bond motifs is 3. The molecule has 5 nitrogen and oxygen atoms in total. The third kappa shape index (κ3) is 1.82. The van der Waals surface area contributed by atoms with Crippen LogP contribution < -0.4 is 0 Å². The summed E-state index contributed by atoms with van der Waals surface area (Å²) in [6.45, 7) is 5.74. The number of carboxylic acids is 1. The van der Waals surface area contributed by atoms with Gasteiger partial charge in [-0.3, -0.25) is 9.59 Å². The SMILES string of the molecule is C[C@H]1C(=O)[C@]23C[C@H]1CC[C@H]2[C@]1(C)[C@@H](O)CC[C@@](C)(C(=O)O)[C@H]1C[C@@H]3O. The van der Waals surface area contributed by atoms with Gasteiger partial charge >= 0.3 is 5.97 Å². The van der Waals surface area contributed by atoms with Crippen molar-refractivity contribution in [1.29, 1.82) is 0 Å². The minimum Gasteiger partial charge on any atom is -0.481 e.